The van der Waals surface area contributed by atoms with Crippen molar-refractivity contribution in [3.05, 3.63) is 41.7 Å². The molecule has 3 rings (SSSR count). The maximum Gasteiger partial charge on any atom is 0.573 e. The molecule has 0 spiro atoms. The van der Waals surface area contributed by atoms with Crippen molar-refractivity contribution in [2.24, 2.45) is 0 Å². The van der Waals surface area contributed by atoms with E-state index in [1.54, 1.807) is 6.07 Å². The van der Waals surface area contributed by atoms with E-state index in [9.17, 15) is 18.3 Å². The number of rotatable bonds is 5. The Morgan fingerprint density at radius 2 is 2.21 bits per heavy atom. The fourth-order valence-electron chi connectivity index (χ4n) is 2.88. The van der Waals surface area contributed by atoms with Crippen LogP contribution in [0.25, 0.3) is 0 Å². The number of aromatic amines is 1. The van der Waals surface area contributed by atoms with Crippen molar-refractivity contribution in [3.63, 3.8) is 0 Å². The van der Waals surface area contributed by atoms with Gasteiger partial charge in [0.15, 0.2) is 0 Å². The van der Waals surface area contributed by atoms with E-state index in [0.717, 1.165) is 5.56 Å². The van der Waals surface area contributed by atoms with E-state index in [-0.39, 0.29) is 5.75 Å². The maximum absolute atomic E-state index is 12.3. The number of β-amino-alcohol motifs (C(OH)–C–C–N with tert-alkyl or cyclic N) is 1. The Labute approximate surface area is 136 Å². The van der Waals surface area contributed by atoms with Crippen LogP contribution in [0, 0.1) is 0 Å². The van der Waals surface area contributed by atoms with E-state index in [2.05, 4.69) is 20.1 Å². The van der Waals surface area contributed by atoms with Crippen LogP contribution in [-0.2, 0) is 12.0 Å². The van der Waals surface area contributed by atoms with Gasteiger partial charge < -0.3 is 9.84 Å². The first-order valence-electron chi connectivity index (χ1n) is 7.50. The predicted octanol–water partition coefficient (Wildman–Crippen LogP) is 1.84. The molecule has 0 radical (unpaired) electrons. The summed E-state index contributed by atoms with van der Waals surface area (Å²) in [5.74, 6) is -0.222. The summed E-state index contributed by atoms with van der Waals surface area (Å²) in [6.45, 7) is 1.72. The molecule has 2 aromatic rings. The minimum atomic E-state index is -4.69. The van der Waals surface area contributed by atoms with Crippen molar-refractivity contribution in [3.8, 4) is 5.75 Å². The van der Waals surface area contributed by atoms with Crippen molar-refractivity contribution >= 4 is 0 Å². The summed E-state index contributed by atoms with van der Waals surface area (Å²) in [7, 11) is 0. The Kier molecular flexibility index (Phi) is 4.46. The highest BCUT2D eigenvalue weighted by molar-refractivity contribution is 5.29. The molecule has 2 N–H and O–H groups in total. The molecule has 1 aromatic carbocycles. The third kappa shape index (κ3) is 4.04. The molecule has 1 aliphatic rings. The Balaban J connectivity index is 1.56. The molecule has 1 unspecified atom stereocenters. The van der Waals surface area contributed by atoms with Crippen molar-refractivity contribution in [1.82, 2.24) is 20.3 Å². The first-order valence-corrected chi connectivity index (χ1v) is 7.50. The molecule has 0 saturated carbocycles. The highest BCUT2D eigenvalue weighted by Gasteiger charge is 2.39. The lowest BCUT2D eigenvalue weighted by Crippen LogP contribution is -2.32. The van der Waals surface area contributed by atoms with Crippen LogP contribution in [-0.4, -0.2) is 51.4 Å². The first kappa shape index (κ1) is 16.7. The third-order valence-electron chi connectivity index (χ3n) is 4.07. The van der Waals surface area contributed by atoms with Crippen LogP contribution in [0.2, 0.25) is 0 Å². The van der Waals surface area contributed by atoms with Crippen molar-refractivity contribution < 1.29 is 23.0 Å². The van der Waals surface area contributed by atoms with Gasteiger partial charge in [-0.1, -0.05) is 12.1 Å². The highest BCUT2D eigenvalue weighted by Crippen LogP contribution is 2.30. The lowest BCUT2D eigenvalue weighted by molar-refractivity contribution is -0.274. The number of nitrogens with zero attached hydrogens (tertiary/aromatic N) is 3. The summed E-state index contributed by atoms with van der Waals surface area (Å²) in [6.07, 6.45) is -2.09. The molecule has 130 valence electrons. The number of hydrogen-bond donors (Lipinski definition) is 2. The van der Waals surface area contributed by atoms with Crippen LogP contribution in [0.4, 0.5) is 13.2 Å². The molecule has 1 aliphatic heterocycles. The van der Waals surface area contributed by atoms with Crippen molar-refractivity contribution in [2.75, 3.05) is 19.6 Å². The van der Waals surface area contributed by atoms with Gasteiger partial charge in [0.25, 0.3) is 0 Å². The normalized spacial score (nSPS) is 22.0. The Morgan fingerprint density at radius 3 is 2.92 bits per heavy atom. The molecule has 1 atom stereocenters. The minimum Gasteiger partial charge on any atom is -0.406 e. The number of nitrogens with one attached hydrogen (secondary N) is 1. The molecule has 1 saturated heterocycles. The smallest absolute Gasteiger partial charge is 0.406 e. The standard InChI is InChI=1S/C15H17F3N4O2/c16-15(17,18)24-12-3-1-2-11(8-12)4-6-22-7-5-14(23,10-22)13-9-19-21-20-13/h1-3,8-9,23H,4-7,10H2,(H,19,20,21). The summed E-state index contributed by atoms with van der Waals surface area (Å²) < 4.78 is 40.7. The number of ether oxygens (including phenoxy) is 1. The van der Waals surface area contributed by atoms with E-state index in [1.807, 2.05) is 4.90 Å². The monoisotopic (exact) mass is 342 g/mol. The van der Waals surface area contributed by atoms with Gasteiger partial charge in [-0.15, -0.1) is 13.2 Å². The van der Waals surface area contributed by atoms with E-state index in [0.29, 0.717) is 38.2 Å². The highest BCUT2D eigenvalue weighted by atomic mass is 19.4. The number of H-pyrrole nitrogens is 1. The van der Waals surface area contributed by atoms with Gasteiger partial charge in [0.2, 0.25) is 0 Å². The second-order valence-corrected chi connectivity index (χ2v) is 5.86. The Morgan fingerprint density at radius 1 is 1.38 bits per heavy atom. The molecular weight excluding hydrogens is 325 g/mol. The number of halogens is 3. The molecule has 0 amide bonds. The van der Waals surface area contributed by atoms with E-state index in [4.69, 9.17) is 0 Å². The number of aromatic nitrogens is 3. The van der Waals surface area contributed by atoms with Crippen molar-refractivity contribution in [2.45, 2.75) is 24.8 Å². The number of likely N-dealkylation sites (tertiary alicyclic amines) is 1. The molecule has 0 aliphatic carbocycles. The lowest BCUT2D eigenvalue weighted by Gasteiger charge is -2.21. The second-order valence-electron chi connectivity index (χ2n) is 5.86. The fourth-order valence-corrected chi connectivity index (χ4v) is 2.88. The van der Waals surface area contributed by atoms with Gasteiger partial charge >= 0.3 is 6.36 Å². The van der Waals surface area contributed by atoms with Gasteiger partial charge in [-0.25, -0.2) is 0 Å². The van der Waals surface area contributed by atoms with Crippen LogP contribution in [0.1, 0.15) is 17.7 Å². The molecular formula is C15H17F3N4O2. The quantitative estimate of drug-likeness (QED) is 0.867. The van der Waals surface area contributed by atoms with Gasteiger partial charge in [-0.05, 0) is 30.5 Å². The van der Waals surface area contributed by atoms with E-state index < -0.39 is 12.0 Å². The third-order valence-corrected chi connectivity index (χ3v) is 4.07. The van der Waals surface area contributed by atoms with Crippen LogP contribution >= 0.6 is 0 Å². The summed E-state index contributed by atoms with van der Waals surface area (Å²) >= 11 is 0. The van der Waals surface area contributed by atoms with Crippen LogP contribution in [0.15, 0.2) is 30.5 Å². The molecule has 9 heteroatoms. The molecule has 0 bridgehead atoms. The summed E-state index contributed by atoms with van der Waals surface area (Å²) in [6, 6.07) is 5.94. The van der Waals surface area contributed by atoms with Crippen LogP contribution in [0.3, 0.4) is 0 Å². The number of aliphatic hydroxyl groups is 1. The zero-order valence-corrected chi connectivity index (χ0v) is 12.8. The van der Waals surface area contributed by atoms with E-state index in [1.165, 1.54) is 24.4 Å². The zero-order valence-electron chi connectivity index (χ0n) is 12.8. The summed E-state index contributed by atoms with van der Waals surface area (Å²) in [5.41, 5.74) is 0.216. The second kappa shape index (κ2) is 6.40. The Bertz CT molecular complexity index is 678. The summed E-state index contributed by atoms with van der Waals surface area (Å²) in [5, 5.41) is 20.7. The average Bonchev–Trinajstić information content (AvgIpc) is 3.14. The largest absolute Gasteiger partial charge is 0.573 e. The van der Waals surface area contributed by atoms with Gasteiger partial charge in [-0.3, -0.25) is 4.90 Å². The predicted molar refractivity (Wildman–Crippen MR) is 78.2 cm³/mol. The zero-order chi connectivity index (χ0) is 17.2. The maximum atomic E-state index is 12.3. The van der Waals surface area contributed by atoms with Crippen molar-refractivity contribution in [1.29, 1.82) is 0 Å². The minimum absolute atomic E-state index is 0.222. The molecule has 1 aromatic heterocycles. The Hall–Kier alpha value is -2.13. The lowest BCUT2D eigenvalue weighted by atomic mass is 10.00. The molecule has 2 heterocycles. The number of alkyl halides is 3. The van der Waals surface area contributed by atoms with Gasteiger partial charge in [0, 0.05) is 19.6 Å². The van der Waals surface area contributed by atoms with Crippen LogP contribution in [0.5, 0.6) is 5.75 Å². The first-order chi connectivity index (χ1) is 11.3. The van der Waals surface area contributed by atoms with Gasteiger partial charge in [0.05, 0.1) is 6.20 Å². The molecule has 24 heavy (non-hydrogen) atoms. The average molecular weight is 342 g/mol. The number of benzene rings is 1. The SMILES string of the molecule is OC1(c2cn[nH]n2)CCN(CCc2cccc(OC(F)(F)F)c2)C1. The number of hydrogen-bond acceptors (Lipinski definition) is 5. The molecule has 1 fully saturated rings. The topological polar surface area (TPSA) is 74.3 Å². The molecule has 6 nitrogen and oxygen atoms in total. The fraction of sp³-hybridized carbons (Fsp3) is 0.467. The van der Waals surface area contributed by atoms with Gasteiger partial charge in [-0.2, -0.15) is 15.4 Å². The van der Waals surface area contributed by atoms with Crippen LogP contribution < -0.4 is 4.74 Å². The van der Waals surface area contributed by atoms with E-state index >= 15 is 0 Å². The summed E-state index contributed by atoms with van der Waals surface area (Å²) in [4.78, 5) is 2.05. The van der Waals surface area contributed by atoms with Gasteiger partial charge in [0.1, 0.15) is 17.0 Å².